The fourth-order valence-corrected chi connectivity index (χ4v) is 2.30. The van der Waals surface area contributed by atoms with E-state index in [9.17, 15) is 4.79 Å². The van der Waals surface area contributed by atoms with Crippen LogP contribution in [0.4, 0.5) is 5.69 Å². The molecule has 0 atom stereocenters. The van der Waals surface area contributed by atoms with E-state index in [4.69, 9.17) is 5.11 Å². The van der Waals surface area contributed by atoms with E-state index in [1.807, 2.05) is 0 Å². The van der Waals surface area contributed by atoms with E-state index in [1.54, 1.807) is 0 Å². The lowest BCUT2D eigenvalue weighted by molar-refractivity contribution is -0.108. The molecule has 0 bridgehead atoms. The van der Waals surface area contributed by atoms with Gasteiger partial charge in [0.05, 0.1) is 6.54 Å². The van der Waals surface area contributed by atoms with E-state index >= 15 is 0 Å². The fourth-order valence-electron chi connectivity index (χ4n) is 2.30. The second-order valence-corrected chi connectivity index (χ2v) is 4.59. The molecule has 0 unspecified atom stereocenters. The van der Waals surface area contributed by atoms with Crippen LogP contribution in [0.3, 0.4) is 0 Å². The number of aliphatic hydroxyl groups is 1. The molecule has 1 saturated heterocycles. The molecule has 0 saturated carbocycles. The Hall–Kier alpha value is -1.39. The topological polar surface area (TPSA) is 43.8 Å². The first-order valence-corrected chi connectivity index (χ1v) is 6.44. The van der Waals surface area contributed by atoms with E-state index in [-0.39, 0.29) is 6.61 Å². The quantitative estimate of drug-likeness (QED) is 0.773. The summed E-state index contributed by atoms with van der Waals surface area (Å²) in [6.45, 7) is 4.56. The van der Waals surface area contributed by atoms with E-state index in [1.165, 1.54) is 11.3 Å². The Morgan fingerprint density at radius 3 is 2.33 bits per heavy atom. The number of carbonyl (C=O) groups is 1. The summed E-state index contributed by atoms with van der Waals surface area (Å²) in [5, 5.41) is 8.87. The fraction of sp³-hybridized carbons (Fsp3) is 0.500. The summed E-state index contributed by atoms with van der Waals surface area (Å²) < 4.78 is 0. The average Bonchev–Trinajstić information content (AvgIpc) is 2.41. The molecule has 0 spiro atoms. The van der Waals surface area contributed by atoms with Crippen molar-refractivity contribution in [2.45, 2.75) is 6.42 Å². The molecule has 1 aliphatic heterocycles. The zero-order chi connectivity index (χ0) is 12.8. The molecule has 2 rings (SSSR count). The first-order chi connectivity index (χ1) is 8.83. The first-order valence-electron chi connectivity index (χ1n) is 6.44. The molecule has 1 aromatic rings. The number of piperazine rings is 1. The molecule has 4 heteroatoms. The van der Waals surface area contributed by atoms with Gasteiger partial charge in [0, 0.05) is 38.5 Å². The van der Waals surface area contributed by atoms with Crippen molar-refractivity contribution in [2.24, 2.45) is 0 Å². The molecule has 0 aliphatic carbocycles. The summed E-state index contributed by atoms with van der Waals surface area (Å²) in [7, 11) is 0. The van der Waals surface area contributed by atoms with Crippen molar-refractivity contribution < 1.29 is 9.90 Å². The highest BCUT2D eigenvalue weighted by Crippen LogP contribution is 2.17. The molecule has 1 N–H and O–H groups in total. The van der Waals surface area contributed by atoms with Crippen molar-refractivity contribution in [3.05, 3.63) is 29.8 Å². The number of benzene rings is 1. The maximum Gasteiger partial charge on any atom is 0.133 e. The van der Waals surface area contributed by atoms with Gasteiger partial charge in [0.25, 0.3) is 0 Å². The van der Waals surface area contributed by atoms with Gasteiger partial charge in [-0.1, -0.05) is 12.1 Å². The number of carbonyl (C=O) groups excluding carboxylic acids is 1. The van der Waals surface area contributed by atoms with Crippen LogP contribution in [0.15, 0.2) is 24.3 Å². The third-order valence-electron chi connectivity index (χ3n) is 3.41. The third kappa shape index (κ3) is 3.31. The number of aldehydes is 1. The highest BCUT2D eigenvalue weighted by atomic mass is 16.2. The van der Waals surface area contributed by atoms with Crippen LogP contribution in [0.1, 0.15) is 5.56 Å². The predicted octanol–water partition coefficient (Wildman–Crippen LogP) is 0.542. The van der Waals surface area contributed by atoms with Crippen LogP contribution in [-0.4, -0.2) is 55.6 Å². The van der Waals surface area contributed by atoms with Gasteiger partial charge in [0.15, 0.2) is 0 Å². The van der Waals surface area contributed by atoms with Crippen molar-refractivity contribution in [1.29, 1.82) is 0 Å². The van der Waals surface area contributed by atoms with Crippen LogP contribution in [0.2, 0.25) is 0 Å². The molecular formula is C14H20N2O2. The van der Waals surface area contributed by atoms with Crippen LogP contribution in [0, 0.1) is 0 Å². The summed E-state index contributed by atoms with van der Waals surface area (Å²) in [6, 6.07) is 8.37. The Morgan fingerprint density at radius 1 is 1.11 bits per heavy atom. The smallest absolute Gasteiger partial charge is 0.133 e. The van der Waals surface area contributed by atoms with Crippen LogP contribution in [0.5, 0.6) is 0 Å². The lowest BCUT2D eigenvalue weighted by Crippen LogP contribution is -2.46. The van der Waals surface area contributed by atoms with Gasteiger partial charge in [0.1, 0.15) is 6.29 Å². The SMILES string of the molecule is O=CCN1CCN(c2ccc(CCO)cc2)CC1. The van der Waals surface area contributed by atoms with Crippen LogP contribution in [0.25, 0.3) is 0 Å². The van der Waals surface area contributed by atoms with E-state index in [0.29, 0.717) is 13.0 Å². The molecule has 0 amide bonds. The van der Waals surface area contributed by atoms with Gasteiger partial charge in [-0.05, 0) is 24.1 Å². The highest BCUT2D eigenvalue weighted by Gasteiger charge is 2.16. The third-order valence-corrected chi connectivity index (χ3v) is 3.41. The maximum absolute atomic E-state index is 10.4. The van der Waals surface area contributed by atoms with Crippen molar-refractivity contribution in [2.75, 3.05) is 44.2 Å². The van der Waals surface area contributed by atoms with Crippen molar-refractivity contribution in [1.82, 2.24) is 4.90 Å². The minimum absolute atomic E-state index is 0.198. The average molecular weight is 248 g/mol. The molecule has 1 fully saturated rings. The molecule has 0 aromatic heterocycles. The summed E-state index contributed by atoms with van der Waals surface area (Å²) in [6.07, 6.45) is 1.69. The molecule has 1 heterocycles. The highest BCUT2D eigenvalue weighted by molar-refractivity contribution is 5.52. The number of nitrogens with zero attached hydrogens (tertiary/aromatic N) is 2. The van der Waals surface area contributed by atoms with Crippen LogP contribution < -0.4 is 4.90 Å². The van der Waals surface area contributed by atoms with Gasteiger partial charge in [-0.2, -0.15) is 0 Å². The molecule has 1 aliphatic rings. The number of hydrogen-bond acceptors (Lipinski definition) is 4. The normalized spacial score (nSPS) is 16.8. The lowest BCUT2D eigenvalue weighted by Gasteiger charge is -2.35. The minimum atomic E-state index is 0.198. The summed E-state index contributed by atoms with van der Waals surface area (Å²) in [5.41, 5.74) is 2.39. The second kappa shape index (κ2) is 6.52. The van der Waals surface area contributed by atoms with Gasteiger partial charge in [-0.15, -0.1) is 0 Å². The van der Waals surface area contributed by atoms with Gasteiger partial charge >= 0.3 is 0 Å². The van der Waals surface area contributed by atoms with Crippen LogP contribution >= 0.6 is 0 Å². The van der Waals surface area contributed by atoms with Crippen molar-refractivity contribution in [3.63, 3.8) is 0 Å². The summed E-state index contributed by atoms with van der Waals surface area (Å²) >= 11 is 0. The molecule has 18 heavy (non-hydrogen) atoms. The number of hydrogen-bond donors (Lipinski definition) is 1. The van der Waals surface area contributed by atoms with E-state index < -0.39 is 0 Å². The Balaban J connectivity index is 1.90. The largest absolute Gasteiger partial charge is 0.396 e. The first kappa shape index (κ1) is 13.1. The Morgan fingerprint density at radius 2 is 1.78 bits per heavy atom. The predicted molar refractivity (Wildman–Crippen MR) is 71.9 cm³/mol. The van der Waals surface area contributed by atoms with Gasteiger partial charge in [-0.3, -0.25) is 4.90 Å². The summed E-state index contributed by atoms with van der Waals surface area (Å²) in [5.74, 6) is 0. The number of anilines is 1. The number of rotatable bonds is 5. The van der Waals surface area contributed by atoms with E-state index in [0.717, 1.165) is 32.5 Å². The molecule has 4 nitrogen and oxygen atoms in total. The molecule has 1 aromatic carbocycles. The zero-order valence-electron chi connectivity index (χ0n) is 10.6. The molecule has 98 valence electrons. The maximum atomic E-state index is 10.4. The lowest BCUT2D eigenvalue weighted by atomic mass is 10.1. The molecule has 0 radical (unpaired) electrons. The van der Waals surface area contributed by atoms with Crippen molar-refractivity contribution >= 4 is 12.0 Å². The Kier molecular flexibility index (Phi) is 4.73. The van der Waals surface area contributed by atoms with E-state index in [2.05, 4.69) is 34.1 Å². The monoisotopic (exact) mass is 248 g/mol. The van der Waals surface area contributed by atoms with Gasteiger partial charge in [0.2, 0.25) is 0 Å². The number of aliphatic hydroxyl groups excluding tert-OH is 1. The Bertz CT molecular complexity index is 370. The Labute approximate surface area is 108 Å². The minimum Gasteiger partial charge on any atom is -0.396 e. The van der Waals surface area contributed by atoms with Gasteiger partial charge in [-0.25, -0.2) is 0 Å². The summed E-state index contributed by atoms with van der Waals surface area (Å²) in [4.78, 5) is 15.0. The zero-order valence-corrected chi connectivity index (χ0v) is 10.6. The van der Waals surface area contributed by atoms with Crippen molar-refractivity contribution in [3.8, 4) is 0 Å². The molecular weight excluding hydrogens is 228 g/mol. The standard InChI is InChI=1S/C14H20N2O2/c17-11-5-13-1-3-14(4-2-13)16-8-6-15(7-9-16)10-12-18/h1-4,12,17H,5-11H2. The second-order valence-electron chi connectivity index (χ2n) is 4.59. The van der Waals surface area contributed by atoms with Crippen LogP contribution in [-0.2, 0) is 11.2 Å². The van der Waals surface area contributed by atoms with Gasteiger partial charge < -0.3 is 14.8 Å².